The number of rotatable bonds is 3. The number of carbonyl (C=O) groups excluding carboxylic acids is 1. The highest BCUT2D eigenvalue weighted by atomic mass is 16.3. The van der Waals surface area contributed by atoms with E-state index in [1.165, 1.54) is 5.56 Å². The Balaban J connectivity index is 1.76. The zero-order valence-corrected chi connectivity index (χ0v) is 11.8. The number of carbonyl (C=O) groups is 1. The van der Waals surface area contributed by atoms with Gasteiger partial charge in [0, 0.05) is 6.20 Å². The Labute approximate surface area is 123 Å². The van der Waals surface area contributed by atoms with E-state index in [4.69, 9.17) is 0 Å². The van der Waals surface area contributed by atoms with Crippen molar-refractivity contribution in [1.29, 1.82) is 0 Å². The molecule has 0 spiro atoms. The maximum absolute atomic E-state index is 12.2. The van der Waals surface area contributed by atoms with Gasteiger partial charge < -0.3 is 10.4 Å². The van der Waals surface area contributed by atoms with Gasteiger partial charge in [-0.1, -0.05) is 12.1 Å². The van der Waals surface area contributed by atoms with Crippen molar-refractivity contribution in [3.8, 4) is 5.75 Å². The Kier molecular flexibility index (Phi) is 3.86. The number of nitrogens with zero attached hydrogens (tertiary/aromatic N) is 1. The summed E-state index contributed by atoms with van der Waals surface area (Å²) in [4.78, 5) is 16.4. The smallest absolute Gasteiger partial charge is 0.255 e. The lowest BCUT2D eigenvalue weighted by atomic mass is 9.89. The van der Waals surface area contributed by atoms with Crippen molar-refractivity contribution in [3.05, 3.63) is 58.9 Å². The van der Waals surface area contributed by atoms with Gasteiger partial charge >= 0.3 is 0 Å². The number of fused-ring (bicyclic) bond motifs is 1. The third-order valence-electron chi connectivity index (χ3n) is 3.90. The molecular weight excluding hydrogens is 264 g/mol. The number of pyridine rings is 1. The summed E-state index contributed by atoms with van der Waals surface area (Å²) in [5, 5.41) is 13.1. The van der Waals surface area contributed by atoms with E-state index in [-0.39, 0.29) is 11.7 Å². The van der Waals surface area contributed by atoms with Crippen LogP contribution in [0.1, 0.15) is 40.0 Å². The number of phenolic OH excluding ortho intramolecular Hbond substituents is 1. The van der Waals surface area contributed by atoms with Gasteiger partial charge in [-0.2, -0.15) is 0 Å². The van der Waals surface area contributed by atoms with Crippen molar-refractivity contribution in [2.45, 2.75) is 32.2 Å². The highest BCUT2D eigenvalue weighted by molar-refractivity contribution is 5.97. The van der Waals surface area contributed by atoms with Crippen molar-refractivity contribution in [3.63, 3.8) is 0 Å². The summed E-state index contributed by atoms with van der Waals surface area (Å²) < 4.78 is 0. The van der Waals surface area contributed by atoms with Gasteiger partial charge in [-0.05, 0) is 55.0 Å². The van der Waals surface area contributed by atoms with E-state index in [9.17, 15) is 9.90 Å². The molecule has 3 rings (SSSR count). The number of nitrogens with one attached hydrogen (secondary N) is 1. The summed E-state index contributed by atoms with van der Waals surface area (Å²) in [7, 11) is 0. The summed E-state index contributed by atoms with van der Waals surface area (Å²) in [6.45, 7) is 0.357. The first-order valence-corrected chi connectivity index (χ1v) is 7.27. The van der Waals surface area contributed by atoms with Gasteiger partial charge in [-0.15, -0.1) is 0 Å². The SMILES string of the molecule is O=C(NCc1ccccn1)c1ccc2c(c1O)CCCC2. The molecule has 0 fully saturated rings. The molecular formula is C17H18N2O2. The monoisotopic (exact) mass is 282 g/mol. The van der Waals surface area contributed by atoms with Crippen LogP contribution in [0, 0.1) is 0 Å². The van der Waals surface area contributed by atoms with Crippen LogP contribution < -0.4 is 5.32 Å². The van der Waals surface area contributed by atoms with E-state index >= 15 is 0 Å². The molecule has 1 aromatic carbocycles. The first-order valence-electron chi connectivity index (χ1n) is 7.27. The fraction of sp³-hybridized carbons (Fsp3) is 0.294. The lowest BCUT2D eigenvalue weighted by molar-refractivity contribution is 0.0947. The molecule has 1 aliphatic rings. The van der Waals surface area contributed by atoms with Crippen molar-refractivity contribution in [2.75, 3.05) is 0 Å². The van der Waals surface area contributed by atoms with Crippen LogP contribution in [0.4, 0.5) is 0 Å². The van der Waals surface area contributed by atoms with E-state index in [0.717, 1.165) is 36.9 Å². The number of aromatic hydroxyl groups is 1. The highest BCUT2D eigenvalue weighted by Gasteiger charge is 2.19. The lowest BCUT2D eigenvalue weighted by Gasteiger charge is -2.18. The first kappa shape index (κ1) is 13.6. The molecule has 1 aliphatic carbocycles. The van der Waals surface area contributed by atoms with E-state index in [0.29, 0.717) is 12.1 Å². The molecule has 4 heteroatoms. The molecule has 2 aromatic rings. The average molecular weight is 282 g/mol. The van der Waals surface area contributed by atoms with Gasteiger partial charge in [0.2, 0.25) is 0 Å². The van der Waals surface area contributed by atoms with Crippen LogP contribution in [0.25, 0.3) is 0 Å². The van der Waals surface area contributed by atoms with Crippen molar-refractivity contribution >= 4 is 5.91 Å². The Morgan fingerprint density at radius 3 is 2.86 bits per heavy atom. The zero-order valence-electron chi connectivity index (χ0n) is 11.8. The topological polar surface area (TPSA) is 62.2 Å². The molecule has 0 atom stereocenters. The van der Waals surface area contributed by atoms with Crippen molar-refractivity contribution in [1.82, 2.24) is 10.3 Å². The standard InChI is InChI=1S/C17H18N2O2/c20-16-14-7-2-1-5-12(14)8-9-15(16)17(21)19-11-13-6-3-4-10-18-13/h3-4,6,8-10,20H,1-2,5,7,11H2,(H,19,21). The first-order chi connectivity index (χ1) is 10.3. The minimum Gasteiger partial charge on any atom is -0.507 e. The Morgan fingerprint density at radius 1 is 1.19 bits per heavy atom. The Hall–Kier alpha value is -2.36. The van der Waals surface area contributed by atoms with Crippen molar-refractivity contribution < 1.29 is 9.90 Å². The quantitative estimate of drug-likeness (QED) is 0.909. The number of benzene rings is 1. The van der Waals surface area contributed by atoms with Crippen LogP contribution >= 0.6 is 0 Å². The summed E-state index contributed by atoms with van der Waals surface area (Å²) in [6.07, 6.45) is 5.75. The van der Waals surface area contributed by atoms with Crippen molar-refractivity contribution in [2.24, 2.45) is 0 Å². The summed E-state index contributed by atoms with van der Waals surface area (Å²) in [5.41, 5.74) is 3.25. The molecule has 0 radical (unpaired) electrons. The predicted molar refractivity (Wildman–Crippen MR) is 80.2 cm³/mol. The molecule has 0 bridgehead atoms. The van der Waals surface area contributed by atoms with Gasteiger partial charge in [-0.25, -0.2) is 0 Å². The number of hydrogen-bond acceptors (Lipinski definition) is 3. The van der Waals surface area contributed by atoms with E-state index < -0.39 is 0 Å². The second-order valence-corrected chi connectivity index (χ2v) is 5.31. The minimum atomic E-state index is -0.258. The van der Waals surface area contributed by atoms with Gasteiger partial charge in [-0.3, -0.25) is 9.78 Å². The fourth-order valence-corrected chi connectivity index (χ4v) is 2.76. The average Bonchev–Trinajstić information content (AvgIpc) is 2.54. The molecule has 2 N–H and O–H groups in total. The highest BCUT2D eigenvalue weighted by Crippen LogP contribution is 2.31. The molecule has 1 amide bonds. The third kappa shape index (κ3) is 2.89. The number of hydrogen-bond donors (Lipinski definition) is 2. The summed E-state index contributed by atoms with van der Waals surface area (Å²) in [6, 6.07) is 9.25. The molecule has 21 heavy (non-hydrogen) atoms. The molecule has 0 aliphatic heterocycles. The zero-order chi connectivity index (χ0) is 14.7. The molecule has 0 unspecified atom stereocenters. The van der Waals surface area contributed by atoms with Crippen LogP contribution in [0.15, 0.2) is 36.5 Å². The molecule has 1 heterocycles. The normalized spacial score (nSPS) is 13.5. The summed E-state index contributed by atoms with van der Waals surface area (Å²) in [5.74, 6) is -0.114. The Bertz CT molecular complexity index is 653. The van der Waals surface area contributed by atoms with Gasteiger partial charge in [0.15, 0.2) is 0 Å². The second-order valence-electron chi connectivity index (χ2n) is 5.31. The van der Waals surface area contributed by atoms with Crippen LogP contribution in [0.3, 0.4) is 0 Å². The number of aryl methyl sites for hydroxylation is 1. The van der Waals surface area contributed by atoms with Gasteiger partial charge in [0.1, 0.15) is 5.75 Å². The third-order valence-corrected chi connectivity index (χ3v) is 3.90. The predicted octanol–water partition coefficient (Wildman–Crippen LogP) is 2.60. The van der Waals surface area contributed by atoms with Crippen LogP contribution in [-0.2, 0) is 19.4 Å². The molecule has 0 saturated carbocycles. The number of amides is 1. The van der Waals surface area contributed by atoms with E-state index in [2.05, 4.69) is 10.3 Å². The van der Waals surface area contributed by atoms with Crippen LogP contribution in [0.5, 0.6) is 5.75 Å². The molecule has 108 valence electrons. The van der Waals surface area contributed by atoms with Crippen LogP contribution in [0.2, 0.25) is 0 Å². The van der Waals surface area contributed by atoms with Gasteiger partial charge in [0.05, 0.1) is 17.8 Å². The largest absolute Gasteiger partial charge is 0.507 e. The van der Waals surface area contributed by atoms with Gasteiger partial charge in [0.25, 0.3) is 5.91 Å². The summed E-state index contributed by atoms with van der Waals surface area (Å²) >= 11 is 0. The maximum Gasteiger partial charge on any atom is 0.255 e. The maximum atomic E-state index is 12.2. The fourth-order valence-electron chi connectivity index (χ4n) is 2.76. The lowest BCUT2D eigenvalue weighted by Crippen LogP contribution is -2.24. The van der Waals surface area contributed by atoms with E-state index in [1.807, 2.05) is 24.3 Å². The molecule has 4 nitrogen and oxygen atoms in total. The minimum absolute atomic E-state index is 0.144. The second kappa shape index (κ2) is 5.95. The van der Waals surface area contributed by atoms with Crippen LogP contribution in [-0.4, -0.2) is 16.0 Å². The van der Waals surface area contributed by atoms with E-state index in [1.54, 1.807) is 12.3 Å². The molecule has 1 aromatic heterocycles. The molecule has 0 saturated heterocycles. The number of phenols is 1. The Morgan fingerprint density at radius 2 is 2.05 bits per heavy atom. The number of aromatic nitrogens is 1.